The van der Waals surface area contributed by atoms with Crippen molar-refractivity contribution in [3.63, 3.8) is 0 Å². The Balaban J connectivity index is 0.000000307. The molecule has 1 unspecified atom stereocenters. The molecule has 2 heteroatoms. The van der Waals surface area contributed by atoms with Gasteiger partial charge in [0.15, 0.2) is 0 Å². The third-order valence-corrected chi connectivity index (χ3v) is 4.48. The van der Waals surface area contributed by atoms with E-state index in [0.717, 1.165) is 28.2 Å². The second kappa shape index (κ2) is 10.0. The molecule has 2 nitrogen and oxygen atoms in total. The summed E-state index contributed by atoms with van der Waals surface area (Å²) in [5.74, 6) is 1.43. The Morgan fingerprint density at radius 1 is 0.833 bits per heavy atom. The van der Waals surface area contributed by atoms with E-state index < -0.39 is 0 Å². The van der Waals surface area contributed by atoms with Crippen LogP contribution in [0.1, 0.15) is 57.6 Å². The average molecular weight is 328 g/mol. The van der Waals surface area contributed by atoms with Crippen LogP contribution in [-0.2, 0) is 0 Å². The topological polar surface area (TPSA) is 40.5 Å². The van der Waals surface area contributed by atoms with Crippen LogP contribution in [-0.4, -0.2) is 10.2 Å². The Labute approximate surface area is 147 Å². The molecule has 0 radical (unpaired) electrons. The molecule has 2 rings (SSSR count). The van der Waals surface area contributed by atoms with E-state index in [-0.39, 0.29) is 11.5 Å². The lowest BCUT2D eigenvalue weighted by molar-refractivity contribution is 0.474. The number of rotatable bonds is 5. The second-order valence-electron chi connectivity index (χ2n) is 6.65. The first-order valence-corrected chi connectivity index (χ1v) is 8.98. The Morgan fingerprint density at radius 2 is 1.29 bits per heavy atom. The average Bonchev–Trinajstić information content (AvgIpc) is 2.57. The molecule has 0 saturated heterocycles. The molecule has 1 atom stereocenters. The molecule has 0 aliphatic carbocycles. The zero-order valence-corrected chi connectivity index (χ0v) is 15.8. The highest BCUT2D eigenvalue weighted by Crippen LogP contribution is 2.31. The number of hydrogen-bond acceptors (Lipinski definition) is 2. The van der Waals surface area contributed by atoms with Gasteiger partial charge in [-0.25, -0.2) is 0 Å². The van der Waals surface area contributed by atoms with Crippen molar-refractivity contribution in [3.8, 4) is 22.6 Å². The molecular formula is C22H32O2. The zero-order valence-electron chi connectivity index (χ0n) is 15.8. The van der Waals surface area contributed by atoms with E-state index >= 15 is 0 Å². The van der Waals surface area contributed by atoms with Gasteiger partial charge < -0.3 is 10.2 Å². The minimum Gasteiger partial charge on any atom is -0.508 e. The van der Waals surface area contributed by atoms with Crippen LogP contribution in [0.5, 0.6) is 11.5 Å². The van der Waals surface area contributed by atoms with Crippen molar-refractivity contribution >= 4 is 0 Å². The highest BCUT2D eigenvalue weighted by atomic mass is 16.3. The number of aromatic hydroxyl groups is 2. The summed E-state index contributed by atoms with van der Waals surface area (Å²) in [4.78, 5) is 0. The fraction of sp³-hybridized carbons (Fsp3) is 0.455. The number of hydrogen-bond donors (Lipinski definition) is 2. The third-order valence-electron chi connectivity index (χ3n) is 4.48. The minimum absolute atomic E-state index is 0.239. The maximum absolute atomic E-state index is 9.50. The quantitative estimate of drug-likeness (QED) is 0.648. The van der Waals surface area contributed by atoms with Crippen LogP contribution in [0.3, 0.4) is 0 Å². The van der Waals surface area contributed by atoms with Crippen LogP contribution in [0, 0.1) is 19.8 Å². The molecule has 132 valence electrons. The molecule has 0 fully saturated rings. The largest absolute Gasteiger partial charge is 0.508 e. The molecule has 0 aliphatic rings. The first-order valence-electron chi connectivity index (χ1n) is 8.98. The fourth-order valence-electron chi connectivity index (χ4n) is 2.56. The van der Waals surface area contributed by atoms with Crippen molar-refractivity contribution in [2.75, 3.05) is 0 Å². The molecular weight excluding hydrogens is 296 g/mol. The summed E-state index contributed by atoms with van der Waals surface area (Å²) < 4.78 is 0. The Bertz CT molecular complexity index is 582. The number of phenols is 2. The summed E-state index contributed by atoms with van der Waals surface area (Å²) in [6, 6.07) is 10.5. The standard InChI is InChI=1S/C14H14O2.C8H18/c1-9-3-5-11(15)7-13(9)14-8-12(16)6-4-10(14)2;1-4-6-7-8(3)5-2/h3-8,15-16H,1-2H3;8H,4-7H2,1-3H3. The van der Waals surface area contributed by atoms with Crippen LogP contribution < -0.4 is 0 Å². The van der Waals surface area contributed by atoms with Crippen LogP contribution in [0.4, 0.5) is 0 Å². The molecule has 24 heavy (non-hydrogen) atoms. The van der Waals surface area contributed by atoms with Gasteiger partial charge in [0.05, 0.1) is 0 Å². The van der Waals surface area contributed by atoms with Gasteiger partial charge in [0, 0.05) is 0 Å². The summed E-state index contributed by atoms with van der Waals surface area (Å²) in [5, 5.41) is 19.0. The van der Waals surface area contributed by atoms with Crippen LogP contribution >= 0.6 is 0 Å². The lowest BCUT2D eigenvalue weighted by Crippen LogP contribution is -1.89. The van der Waals surface area contributed by atoms with Gasteiger partial charge in [-0.15, -0.1) is 0 Å². The first-order chi connectivity index (χ1) is 11.4. The van der Waals surface area contributed by atoms with Crippen LogP contribution in [0.25, 0.3) is 11.1 Å². The maximum atomic E-state index is 9.50. The normalized spacial score (nSPS) is 11.5. The summed E-state index contributed by atoms with van der Waals surface area (Å²) in [6.45, 7) is 10.8. The lowest BCUT2D eigenvalue weighted by Gasteiger charge is -2.10. The molecule has 0 saturated carbocycles. The zero-order chi connectivity index (χ0) is 18.1. The molecule has 2 aromatic carbocycles. The van der Waals surface area contributed by atoms with E-state index in [0.29, 0.717) is 0 Å². The number of benzene rings is 2. The number of aryl methyl sites for hydroxylation is 2. The van der Waals surface area contributed by atoms with Gasteiger partial charge in [-0.1, -0.05) is 58.6 Å². The number of unbranched alkanes of at least 4 members (excludes halogenated alkanes) is 1. The predicted molar refractivity (Wildman–Crippen MR) is 104 cm³/mol. The highest BCUT2D eigenvalue weighted by molar-refractivity contribution is 5.72. The van der Waals surface area contributed by atoms with Crippen molar-refractivity contribution in [2.24, 2.45) is 5.92 Å². The van der Waals surface area contributed by atoms with E-state index in [1.807, 2.05) is 26.0 Å². The van der Waals surface area contributed by atoms with Crippen molar-refractivity contribution < 1.29 is 10.2 Å². The van der Waals surface area contributed by atoms with Gasteiger partial charge in [-0.05, 0) is 66.3 Å². The van der Waals surface area contributed by atoms with Gasteiger partial charge >= 0.3 is 0 Å². The molecule has 0 spiro atoms. The summed E-state index contributed by atoms with van der Waals surface area (Å²) in [7, 11) is 0. The Morgan fingerprint density at radius 3 is 1.67 bits per heavy atom. The van der Waals surface area contributed by atoms with E-state index in [9.17, 15) is 10.2 Å². The van der Waals surface area contributed by atoms with Gasteiger partial charge in [0.2, 0.25) is 0 Å². The van der Waals surface area contributed by atoms with Crippen molar-refractivity contribution in [3.05, 3.63) is 47.5 Å². The van der Waals surface area contributed by atoms with Gasteiger partial charge in [-0.3, -0.25) is 0 Å². The fourth-order valence-corrected chi connectivity index (χ4v) is 2.56. The SMILES string of the molecule is CCCCC(C)CC.Cc1ccc(O)cc1-c1cc(O)ccc1C. The monoisotopic (exact) mass is 328 g/mol. The molecule has 0 bridgehead atoms. The van der Waals surface area contributed by atoms with Crippen molar-refractivity contribution in [1.82, 2.24) is 0 Å². The Kier molecular flexibility index (Phi) is 8.39. The summed E-state index contributed by atoms with van der Waals surface area (Å²) >= 11 is 0. The Hall–Kier alpha value is -1.96. The predicted octanol–water partition coefficient (Wildman–Crippen LogP) is 6.60. The van der Waals surface area contributed by atoms with Crippen LogP contribution in [0.15, 0.2) is 36.4 Å². The van der Waals surface area contributed by atoms with Crippen molar-refractivity contribution in [2.45, 2.75) is 60.3 Å². The van der Waals surface area contributed by atoms with Crippen LogP contribution in [0.2, 0.25) is 0 Å². The molecule has 2 N–H and O–H groups in total. The first kappa shape index (κ1) is 20.1. The van der Waals surface area contributed by atoms with E-state index in [4.69, 9.17) is 0 Å². The second-order valence-corrected chi connectivity index (χ2v) is 6.65. The van der Waals surface area contributed by atoms with Gasteiger partial charge in [0.1, 0.15) is 11.5 Å². The molecule has 0 aromatic heterocycles. The minimum atomic E-state index is 0.239. The van der Waals surface area contributed by atoms with Gasteiger partial charge in [0.25, 0.3) is 0 Å². The molecule has 2 aromatic rings. The number of phenolic OH excluding ortho intramolecular Hbond substituents is 2. The van der Waals surface area contributed by atoms with E-state index in [2.05, 4.69) is 20.8 Å². The maximum Gasteiger partial charge on any atom is 0.116 e. The summed E-state index contributed by atoms with van der Waals surface area (Å²) in [6.07, 6.45) is 5.53. The molecule has 0 aliphatic heterocycles. The van der Waals surface area contributed by atoms with Gasteiger partial charge in [-0.2, -0.15) is 0 Å². The van der Waals surface area contributed by atoms with E-state index in [1.54, 1.807) is 24.3 Å². The smallest absolute Gasteiger partial charge is 0.116 e. The summed E-state index contributed by atoms with van der Waals surface area (Å²) in [5.41, 5.74) is 4.06. The lowest BCUT2D eigenvalue weighted by atomic mass is 9.96. The molecule has 0 amide bonds. The third kappa shape index (κ3) is 6.27. The highest BCUT2D eigenvalue weighted by Gasteiger charge is 2.07. The van der Waals surface area contributed by atoms with Crippen molar-refractivity contribution in [1.29, 1.82) is 0 Å². The molecule has 0 heterocycles. The van der Waals surface area contributed by atoms with E-state index in [1.165, 1.54) is 25.7 Å².